The Balaban J connectivity index is 1.68. The average molecular weight is 328 g/mol. The fourth-order valence-corrected chi connectivity index (χ4v) is 2.17. The van der Waals surface area contributed by atoms with Gasteiger partial charge in [-0.15, -0.1) is 10.2 Å². The molecule has 0 aliphatic carbocycles. The quantitative estimate of drug-likeness (QED) is 0.752. The van der Waals surface area contributed by atoms with Gasteiger partial charge in [-0.3, -0.25) is 14.8 Å². The summed E-state index contributed by atoms with van der Waals surface area (Å²) in [6, 6.07) is 11.1. The Hall–Kier alpha value is -2.73. The molecule has 0 spiro atoms. The van der Waals surface area contributed by atoms with Gasteiger partial charge < -0.3 is 5.32 Å². The third kappa shape index (κ3) is 4.14. The highest BCUT2D eigenvalue weighted by atomic mass is 35.5. The van der Waals surface area contributed by atoms with Crippen LogP contribution in [0, 0.1) is 0 Å². The first-order valence-electron chi connectivity index (χ1n) is 7.04. The molecule has 6 nitrogen and oxygen atoms in total. The fourth-order valence-electron chi connectivity index (χ4n) is 2.04. The minimum absolute atomic E-state index is 0.261. The number of nitrogens with one attached hydrogen (secondary N) is 2. The van der Waals surface area contributed by atoms with Crippen LogP contribution in [0.2, 0.25) is 5.02 Å². The molecule has 0 atom stereocenters. The zero-order valence-electron chi connectivity index (χ0n) is 12.2. The molecule has 0 bridgehead atoms. The molecule has 0 saturated carbocycles. The molecule has 1 aromatic carbocycles. The highest BCUT2D eigenvalue weighted by Crippen LogP contribution is 2.11. The summed E-state index contributed by atoms with van der Waals surface area (Å²) in [5.41, 5.74) is 2.04. The summed E-state index contributed by atoms with van der Waals surface area (Å²) in [5, 5.41) is 11.7. The fraction of sp³-hybridized carbons (Fsp3) is 0.125. The van der Waals surface area contributed by atoms with Crippen molar-refractivity contribution in [3.63, 3.8) is 0 Å². The molecule has 23 heavy (non-hydrogen) atoms. The second-order valence-corrected chi connectivity index (χ2v) is 5.40. The maximum absolute atomic E-state index is 12.1. The Kier molecular flexibility index (Phi) is 4.63. The third-order valence-electron chi connectivity index (χ3n) is 3.23. The molecule has 0 amide bonds. The van der Waals surface area contributed by atoms with Crippen molar-refractivity contribution in [2.75, 3.05) is 5.32 Å². The lowest BCUT2D eigenvalue weighted by Gasteiger charge is -2.05. The first-order chi connectivity index (χ1) is 11.2. The summed E-state index contributed by atoms with van der Waals surface area (Å²) >= 11 is 5.84. The van der Waals surface area contributed by atoms with E-state index < -0.39 is 0 Å². The van der Waals surface area contributed by atoms with Crippen LogP contribution in [0.5, 0.6) is 0 Å². The normalized spacial score (nSPS) is 10.5. The summed E-state index contributed by atoms with van der Waals surface area (Å²) in [4.78, 5) is 18.8. The third-order valence-corrected chi connectivity index (χ3v) is 3.48. The van der Waals surface area contributed by atoms with Gasteiger partial charge in [-0.25, -0.2) is 0 Å². The van der Waals surface area contributed by atoms with E-state index in [4.69, 9.17) is 11.6 Å². The van der Waals surface area contributed by atoms with Gasteiger partial charge in [-0.1, -0.05) is 29.8 Å². The van der Waals surface area contributed by atoms with Gasteiger partial charge in [0.2, 0.25) is 5.95 Å². The summed E-state index contributed by atoms with van der Waals surface area (Å²) in [7, 11) is 0. The maximum atomic E-state index is 12.1. The lowest BCUT2D eigenvalue weighted by Crippen LogP contribution is -2.19. The van der Waals surface area contributed by atoms with E-state index in [1.54, 1.807) is 24.5 Å². The van der Waals surface area contributed by atoms with E-state index in [9.17, 15) is 4.79 Å². The number of anilines is 1. The molecule has 2 heterocycles. The van der Waals surface area contributed by atoms with Crippen LogP contribution in [-0.2, 0) is 13.0 Å². The summed E-state index contributed by atoms with van der Waals surface area (Å²) < 4.78 is 0. The van der Waals surface area contributed by atoms with Crippen molar-refractivity contribution in [1.29, 1.82) is 0 Å². The number of hydrogen-bond donors (Lipinski definition) is 2. The number of aromatic nitrogens is 4. The maximum Gasteiger partial charge on any atom is 0.274 e. The Bertz CT molecular complexity index is 833. The van der Waals surface area contributed by atoms with Gasteiger partial charge in [0, 0.05) is 30.4 Å². The molecule has 0 unspecified atom stereocenters. The van der Waals surface area contributed by atoms with Crippen LogP contribution < -0.4 is 10.9 Å². The predicted octanol–water partition coefficient (Wildman–Crippen LogP) is 2.42. The number of benzene rings is 1. The lowest BCUT2D eigenvalue weighted by molar-refractivity contribution is 0.859. The van der Waals surface area contributed by atoms with E-state index in [0.717, 1.165) is 11.1 Å². The molecule has 3 rings (SSSR count). The van der Waals surface area contributed by atoms with Gasteiger partial charge in [0.05, 0.1) is 0 Å². The first kappa shape index (κ1) is 15.2. The number of nitrogens with zero attached hydrogens (tertiary/aromatic N) is 3. The van der Waals surface area contributed by atoms with Crippen LogP contribution in [0.4, 0.5) is 5.95 Å². The van der Waals surface area contributed by atoms with Gasteiger partial charge in [-0.05, 0) is 29.3 Å². The van der Waals surface area contributed by atoms with Gasteiger partial charge in [0.25, 0.3) is 5.56 Å². The molecule has 0 aliphatic rings. The molecule has 2 N–H and O–H groups in total. The number of halogens is 1. The van der Waals surface area contributed by atoms with Crippen molar-refractivity contribution in [3.8, 4) is 0 Å². The second-order valence-electron chi connectivity index (χ2n) is 4.97. The highest BCUT2D eigenvalue weighted by molar-refractivity contribution is 6.30. The standard InChI is InChI=1S/C16H14ClN5O/c17-13-5-3-11(4-6-13)8-14-15(23)20-16(22-21-14)19-10-12-2-1-7-18-9-12/h1-7,9H,8,10H2,(H2,19,20,22,23). The van der Waals surface area contributed by atoms with Crippen molar-refractivity contribution in [2.24, 2.45) is 0 Å². The van der Waals surface area contributed by atoms with Crippen LogP contribution in [0.15, 0.2) is 53.6 Å². The molecule has 2 aromatic heterocycles. The van der Waals surface area contributed by atoms with E-state index in [1.807, 2.05) is 24.3 Å². The van der Waals surface area contributed by atoms with Crippen LogP contribution in [0.25, 0.3) is 0 Å². The van der Waals surface area contributed by atoms with Crippen molar-refractivity contribution in [1.82, 2.24) is 20.2 Å². The first-order valence-corrected chi connectivity index (χ1v) is 7.41. The zero-order chi connectivity index (χ0) is 16.1. The number of hydrogen-bond acceptors (Lipinski definition) is 5. The van der Waals surface area contributed by atoms with Gasteiger partial charge in [0.1, 0.15) is 5.69 Å². The minimum Gasteiger partial charge on any atom is -0.350 e. The highest BCUT2D eigenvalue weighted by Gasteiger charge is 2.06. The summed E-state index contributed by atoms with van der Waals surface area (Å²) in [6.45, 7) is 0.509. The van der Waals surface area contributed by atoms with Crippen molar-refractivity contribution in [2.45, 2.75) is 13.0 Å². The van der Waals surface area contributed by atoms with E-state index >= 15 is 0 Å². The van der Waals surface area contributed by atoms with Crippen LogP contribution >= 0.6 is 11.6 Å². The zero-order valence-corrected chi connectivity index (χ0v) is 12.9. The Morgan fingerprint density at radius 3 is 2.61 bits per heavy atom. The van der Waals surface area contributed by atoms with E-state index in [2.05, 4.69) is 25.5 Å². The predicted molar refractivity (Wildman–Crippen MR) is 88.5 cm³/mol. The van der Waals surface area contributed by atoms with Crippen molar-refractivity contribution < 1.29 is 0 Å². The molecule has 3 aromatic rings. The Morgan fingerprint density at radius 2 is 1.91 bits per heavy atom. The largest absolute Gasteiger partial charge is 0.350 e. The van der Waals surface area contributed by atoms with Crippen LogP contribution in [0.1, 0.15) is 16.8 Å². The summed E-state index contributed by atoms with van der Waals surface area (Å²) in [6.07, 6.45) is 3.85. The van der Waals surface area contributed by atoms with Crippen LogP contribution in [0.3, 0.4) is 0 Å². The Morgan fingerprint density at radius 1 is 1.09 bits per heavy atom. The van der Waals surface area contributed by atoms with Crippen molar-refractivity contribution in [3.05, 3.63) is 81.0 Å². The topological polar surface area (TPSA) is 83.6 Å². The van der Waals surface area contributed by atoms with E-state index in [0.29, 0.717) is 29.6 Å². The number of aromatic amines is 1. The molecular formula is C16H14ClN5O. The van der Waals surface area contributed by atoms with E-state index in [1.165, 1.54) is 0 Å². The van der Waals surface area contributed by atoms with Crippen LogP contribution in [-0.4, -0.2) is 20.2 Å². The SMILES string of the molecule is O=c1[nH]c(NCc2cccnc2)nnc1Cc1ccc(Cl)cc1. The average Bonchev–Trinajstić information content (AvgIpc) is 2.58. The Labute approximate surface area is 137 Å². The molecular weight excluding hydrogens is 314 g/mol. The smallest absolute Gasteiger partial charge is 0.274 e. The van der Waals surface area contributed by atoms with Crippen molar-refractivity contribution >= 4 is 17.5 Å². The number of H-pyrrole nitrogens is 1. The monoisotopic (exact) mass is 327 g/mol. The molecule has 0 aliphatic heterocycles. The van der Waals surface area contributed by atoms with Gasteiger partial charge >= 0.3 is 0 Å². The minimum atomic E-state index is -0.261. The van der Waals surface area contributed by atoms with Gasteiger partial charge in [0.15, 0.2) is 0 Å². The van der Waals surface area contributed by atoms with Gasteiger partial charge in [-0.2, -0.15) is 0 Å². The molecule has 0 fully saturated rings. The molecule has 0 radical (unpaired) electrons. The van der Waals surface area contributed by atoms with E-state index in [-0.39, 0.29) is 5.56 Å². The number of pyridine rings is 1. The second kappa shape index (κ2) is 7.02. The lowest BCUT2D eigenvalue weighted by atomic mass is 10.1. The molecule has 0 saturated heterocycles. The molecule has 7 heteroatoms. The summed E-state index contributed by atoms with van der Waals surface area (Å²) in [5.74, 6) is 0.332. The number of rotatable bonds is 5. The molecule has 116 valence electrons.